The van der Waals surface area contributed by atoms with Crippen molar-refractivity contribution >= 4 is 0 Å². The van der Waals surface area contributed by atoms with Gasteiger partial charge in [-0.15, -0.1) is 5.10 Å². The molecule has 0 aliphatic carbocycles. The van der Waals surface area contributed by atoms with Crippen molar-refractivity contribution in [3.8, 4) is 11.3 Å². The molecule has 3 aromatic rings. The Morgan fingerprint density at radius 1 is 1.11 bits per heavy atom. The van der Waals surface area contributed by atoms with Crippen LogP contribution in [0.15, 0.2) is 47.7 Å². The second kappa shape index (κ2) is 7.79. The van der Waals surface area contributed by atoms with E-state index in [0.29, 0.717) is 12.5 Å². The van der Waals surface area contributed by atoms with Crippen LogP contribution in [0, 0.1) is 5.92 Å². The monoisotopic (exact) mass is 365 g/mol. The Morgan fingerprint density at radius 2 is 1.89 bits per heavy atom. The maximum absolute atomic E-state index is 12.2. The molecule has 0 radical (unpaired) electrons. The maximum Gasteiger partial charge on any atom is 0.266 e. The summed E-state index contributed by atoms with van der Waals surface area (Å²) in [6.45, 7) is 3.49. The van der Waals surface area contributed by atoms with Crippen molar-refractivity contribution in [3.63, 3.8) is 0 Å². The zero-order chi connectivity index (χ0) is 18.6. The second-order valence-corrected chi connectivity index (χ2v) is 7.08. The van der Waals surface area contributed by atoms with Gasteiger partial charge in [-0.25, -0.2) is 4.68 Å². The van der Waals surface area contributed by atoms with Gasteiger partial charge in [0.15, 0.2) is 0 Å². The second-order valence-electron chi connectivity index (χ2n) is 7.08. The number of aromatic nitrogens is 6. The molecule has 1 saturated heterocycles. The molecule has 0 bridgehead atoms. The zero-order valence-corrected chi connectivity index (χ0v) is 15.4. The van der Waals surface area contributed by atoms with Crippen LogP contribution in [0.3, 0.4) is 0 Å². The van der Waals surface area contributed by atoms with Gasteiger partial charge in [-0.05, 0) is 50.0 Å². The van der Waals surface area contributed by atoms with Gasteiger partial charge in [0.05, 0.1) is 11.4 Å². The molecule has 0 atom stereocenters. The van der Waals surface area contributed by atoms with Crippen LogP contribution in [0.5, 0.6) is 0 Å². The lowest BCUT2D eigenvalue weighted by molar-refractivity contribution is 0.162. The van der Waals surface area contributed by atoms with Gasteiger partial charge >= 0.3 is 0 Å². The molecule has 8 heteroatoms. The lowest BCUT2D eigenvalue weighted by Gasteiger charge is -2.31. The van der Waals surface area contributed by atoms with Gasteiger partial charge in [-0.3, -0.25) is 19.4 Å². The van der Waals surface area contributed by atoms with E-state index in [2.05, 4.69) is 25.3 Å². The lowest BCUT2D eigenvalue weighted by atomic mass is 9.97. The molecule has 1 aliphatic rings. The van der Waals surface area contributed by atoms with Crippen LogP contribution in [0.2, 0.25) is 0 Å². The van der Waals surface area contributed by atoms with Crippen LogP contribution in [0.1, 0.15) is 18.5 Å². The van der Waals surface area contributed by atoms with Crippen LogP contribution in [0.25, 0.3) is 11.3 Å². The molecule has 3 aromatic heterocycles. The van der Waals surface area contributed by atoms with Crippen molar-refractivity contribution in [1.29, 1.82) is 0 Å². The van der Waals surface area contributed by atoms with Crippen LogP contribution >= 0.6 is 0 Å². The fourth-order valence-electron chi connectivity index (χ4n) is 3.52. The van der Waals surface area contributed by atoms with Crippen molar-refractivity contribution in [2.75, 3.05) is 13.1 Å². The molecule has 1 aliphatic heterocycles. The summed E-state index contributed by atoms with van der Waals surface area (Å²) in [6.07, 6.45) is 7.53. The minimum Gasteiger partial charge on any atom is -0.297 e. The minimum absolute atomic E-state index is 0.0465. The molecule has 27 heavy (non-hydrogen) atoms. The van der Waals surface area contributed by atoms with Gasteiger partial charge < -0.3 is 0 Å². The summed E-state index contributed by atoms with van der Waals surface area (Å²) in [4.78, 5) is 18.7. The number of pyridine rings is 1. The van der Waals surface area contributed by atoms with Crippen molar-refractivity contribution < 1.29 is 0 Å². The van der Waals surface area contributed by atoms with E-state index in [0.717, 1.165) is 49.4 Å². The Labute approximate surface area is 157 Å². The minimum atomic E-state index is -0.0465. The van der Waals surface area contributed by atoms with Crippen LogP contribution in [-0.2, 0) is 20.1 Å². The molecule has 0 saturated carbocycles. The summed E-state index contributed by atoms with van der Waals surface area (Å²) in [5.74, 6) is 0.459. The van der Waals surface area contributed by atoms with Gasteiger partial charge in [0, 0.05) is 50.4 Å². The van der Waals surface area contributed by atoms with E-state index < -0.39 is 0 Å². The summed E-state index contributed by atoms with van der Waals surface area (Å²) in [6, 6.07) is 7.19. The summed E-state index contributed by atoms with van der Waals surface area (Å²) >= 11 is 0. The molecule has 140 valence electrons. The molecule has 0 spiro atoms. The molecular formula is C19H23N7O. The first-order chi connectivity index (χ1) is 13.2. The van der Waals surface area contributed by atoms with E-state index >= 15 is 0 Å². The first-order valence-corrected chi connectivity index (χ1v) is 9.23. The smallest absolute Gasteiger partial charge is 0.266 e. The fraction of sp³-hybridized carbons (Fsp3) is 0.421. The third-order valence-electron chi connectivity index (χ3n) is 5.02. The highest BCUT2D eigenvalue weighted by Gasteiger charge is 2.21. The van der Waals surface area contributed by atoms with Crippen molar-refractivity contribution in [3.05, 3.63) is 58.9 Å². The summed E-state index contributed by atoms with van der Waals surface area (Å²) in [5.41, 5.74) is 2.73. The summed E-state index contributed by atoms with van der Waals surface area (Å²) in [7, 11) is 1.88. The SMILES string of the molecule is Cn1cc(CN2CCC(Cn3nc(-c4ccncc4)ccc3=O)CC2)nn1. The van der Waals surface area contributed by atoms with Crippen LogP contribution in [0.4, 0.5) is 0 Å². The Kier molecular flexibility index (Phi) is 5.06. The van der Waals surface area contributed by atoms with Crippen LogP contribution < -0.4 is 5.56 Å². The Balaban J connectivity index is 1.38. The van der Waals surface area contributed by atoms with E-state index in [4.69, 9.17) is 0 Å². The third kappa shape index (κ3) is 4.28. The predicted molar refractivity (Wildman–Crippen MR) is 101 cm³/mol. The lowest BCUT2D eigenvalue weighted by Crippen LogP contribution is -2.36. The number of rotatable bonds is 5. The van der Waals surface area contributed by atoms with Crippen molar-refractivity contribution in [2.45, 2.75) is 25.9 Å². The average Bonchev–Trinajstić information content (AvgIpc) is 3.10. The number of likely N-dealkylation sites (tertiary alicyclic amines) is 1. The maximum atomic E-state index is 12.2. The number of hydrogen-bond donors (Lipinski definition) is 0. The van der Waals surface area contributed by atoms with Crippen molar-refractivity contribution in [1.82, 2.24) is 34.7 Å². The number of piperidine rings is 1. The topological polar surface area (TPSA) is 81.7 Å². The molecule has 0 amide bonds. The molecule has 4 heterocycles. The van der Waals surface area contributed by atoms with Crippen LogP contribution in [-0.4, -0.2) is 47.7 Å². The van der Waals surface area contributed by atoms with Gasteiger partial charge in [-0.1, -0.05) is 5.21 Å². The highest BCUT2D eigenvalue weighted by molar-refractivity contribution is 5.56. The van der Waals surface area contributed by atoms with E-state index in [-0.39, 0.29) is 5.56 Å². The quantitative estimate of drug-likeness (QED) is 0.679. The first kappa shape index (κ1) is 17.5. The van der Waals surface area contributed by atoms with Gasteiger partial charge in [0.25, 0.3) is 5.56 Å². The van der Waals surface area contributed by atoms with Crippen molar-refractivity contribution in [2.24, 2.45) is 13.0 Å². The number of hydrogen-bond acceptors (Lipinski definition) is 6. The molecular weight excluding hydrogens is 342 g/mol. The predicted octanol–water partition coefficient (Wildman–Crippen LogP) is 1.35. The first-order valence-electron chi connectivity index (χ1n) is 9.23. The fourth-order valence-corrected chi connectivity index (χ4v) is 3.52. The zero-order valence-electron chi connectivity index (χ0n) is 15.4. The van der Waals surface area contributed by atoms with E-state index in [9.17, 15) is 4.79 Å². The largest absolute Gasteiger partial charge is 0.297 e. The highest BCUT2D eigenvalue weighted by Crippen LogP contribution is 2.20. The Bertz CT molecular complexity index is 942. The highest BCUT2D eigenvalue weighted by atomic mass is 16.1. The molecule has 0 N–H and O–H groups in total. The molecule has 1 fully saturated rings. The standard InChI is InChI=1S/C19H23N7O/c1-24-13-17(21-23-24)14-25-10-6-15(7-11-25)12-26-19(27)3-2-18(22-26)16-4-8-20-9-5-16/h2-5,8-9,13,15H,6-7,10-12,14H2,1H3. The van der Waals surface area contributed by atoms with Gasteiger partial charge in [0.2, 0.25) is 0 Å². The summed E-state index contributed by atoms with van der Waals surface area (Å²) < 4.78 is 3.34. The van der Waals surface area contributed by atoms with E-state index in [1.165, 1.54) is 0 Å². The van der Waals surface area contributed by atoms with Gasteiger partial charge in [-0.2, -0.15) is 5.10 Å². The number of nitrogens with zero attached hydrogens (tertiary/aromatic N) is 7. The summed E-state index contributed by atoms with van der Waals surface area (Å²) in [5, 5.41) is 12.7. The average molecular weight is 365 g/mol. The Morgan fingerprint density at radius 3 is 2.59 bits per heavy atom. The van der Waals surface area contributed by atoms with E-state index in [1.807, 2.05) is 25.4 Å². The third-order valence-corrected chi connectivity index (χ3v) is 5.02. The molecule has 8 nitrogen and oxygen atoms in total. The normalized spacial score (nSPS) is 15.9. The van der Waals surface area contributed by atoms with E-state index in [1.54, 1.807) is 33.9 Å². The molecule has 0 aromatic carbocycles. The molecule has 0 unspecified atom stereocenters. The Hall–Kier alpha value is -2.87. The molecule has 4 rings (SSSR count). The number of aryl methyl sites for hydroxylation is 1. The van der Waals surface area contributed by atoms with Gasteiger partial charge in [0.1, 0.15) is 0 Å².